The summed E-state index contributed by atoms with van der Waals surface area (Å²) in [5, 5.41) is 0. The van der Waals surface area contributed by atoms with Gasteiger partial charge >= 0.3 is 0 Å². The van der Waals surface area contributed by atoms with Gasteiger partial charge in [-0.3, -0.25) is 0 Å². The highest BCUT2D eigenvalue weighted by Gasteiger charge is 2.10. The molecule has 0 unspecified atom stereocenters. The van der Waals surface area contributed by atoms with Crippen LogP contribution >= 0.6 is 11.6 Å². The zero-order valence-corrected chi connectivity index (χ0v) is 8.24. The predicted molar refractivity (Wildman–Crippen MR) is 47.3 cm³/mol. The van der Waals surface area contributed by atoms with E-state index in [9.17, 15) is 8.42 Å². The van der Waals surface area contributed by atoms with E-state index >= 15 is 0 Å². The van der Waals surface area contributed by atoms with E-state index in [1.165, 1.54) is 11.4 Å². The fraction of sp³-hybridized carbons (Fsp3) is 0.667. The van der Waals surface area contributed by atoms with Crippen molar-refractivity contribution in [2.75, 3.05) is 25.7 Å². The number of alkyl halides is 1. The second-order valence-electron chi connectivity index (χ2n) is 2.40. The van der Waals surface area contributed by atoms with Crippen molar-refractivity contribution in [2.45, 2.75) is 0 Å². The third-order valence-corrected chi connectivity index (χ3v) is 2.84. The normalized spacial score (nSPS) is 12.0. The quantitative estimate of drug-likeness (QED) is 0.491. The van der Waals surface area contributed by atoms with Gasteiger partial charge in [0.25, 0.3) is 0 Å². The summed E-state index contributed by atoms with van der Waals surface area (Å²) in [4.78, 5) is 0. The third kappa shape index (κ3) is 4.40. The lowest BCUT2D eigenvalue weighted by Crippen LogP contribution is -2.27. The molecule has 0 saturated carbocycles. The van der Waals surface area contributed by atoms with Crippen molar-refractivity contribution in [1.82, 2.24) is 4.31 Å². The highest BCUT2D eigenvalue weighted by atomic mass is 35.5. The summed E-state index contributed by atoms with van der Waals surface area (Å²) in [6.07, 6.45) is 1.15. The number of halogens is 1. The van der Waals surface area contributed by atoms with Gasteiger partial charge in [0.1, 0.15) is 0 Å². The molecule has 0 bridgehead atoms. The number of rotatable bonds is 4. The molecule has 0 fully saturated rings. The summed E-state index contributed by atoms with van der Waals surface area (Å²) in [5.41, 5.74) is 0.694. The van der Waals surface area contributed by atoms with Crippen LogP contribution in [0.4, 0.5) is 0 Å². The largest absolute Gasteiger partial charge is 0.213 e. The minimum absolute atomic E-state index is 0.292. The molecule has 0 aliphatic carbocycles. The van der Waals surface area contributed by atoms with Gasteiger partial charge in [0, 0.05) is 19.5 Å². The van der Waals surface area contributed by atoms with Crippen LogP contribution in [0.5, 0.6) is 0 Å². The summed E-state index contributed by atoms with van der Waals surface area (Å²) in [6.45, 7) is 3.88. The van der Waals surface area contributed by atoms with Gasteiger partial charge in [0.2, 0.25) is 10.0 Å². The van der Waals surface area contributed by atoms with Gasteiger partial charge in [-0.05, 0) is 5.57 Å². The Labute approximate surface area is 72.7 Å². The first kappa shape index (κ1) is 10.9. The summed E-state index contributed by atoms with van der Waals surface area (Å²) < 4.78 is 22.9. The third-order valence-electron chi connectivity index (χ3n) is 1.20. The van der Waals surface area contributed by atoms with Crippen molar-refractivity contribution in [2.24, 2.45) is 0 Å². The van der Waals surface area contributed by atoms with Crippen molar-refractivity contribution in [1.29, 1.82) is 0 Å². The Morgan fingerprint density at radius 3 is 2.36 bits per heavy atom. The minimum Gasteiger partial charge on any atom is -0.213 e. The Balaban J connectivity index is 4.10. The molecule has 0 amide bonds. The van der Waals surface area contributed by atoms with Crippen molar-refractivity contribution < 1.29 is 8.42 Å². The number of hydrogen-bond acceptors (Lipinski definition) is 2. The maximum absolute atomic E-state index is 10.8. The maximum Gasteiger partial charge on any atom is 0.211 e. The predicted octanol–water partition coefficient (Wildman–Crippen LogP) is 0.673. The number of sulfonamides is 1. The standard InChI is InChI=1S/C6H12ClNO2S/c1-6(4-7)5-8(2)11(3,9)10/h1,4-5H2,2-3H3. The summed E-state index contributed by atoms with van der Waals surface area (Å²) >= 11 is 5.43. The van der Waals surface area contributed by atoms with Crippen molar-refractivity contribution in [3.05, 3.63) is 12.2 Å². The molecule has 0 aliphatic heterocycles. The lowest BCUT2D eigenvalue weighted by Gasteiger charge is -2.13. The van der Waals surface area contributed by atoms with Crippen molar-refractivity contribution in [3.63, 3.8) is 0 Å². The summed E-state index contributed by atoms with van der Waals surface area (Å²) in [5.74, 6) is 0.292. The molecular weight excluding hydrogens is 186 g/mol. The highest BCUT2D eigenvalue weighted by Crippen LogP contribution is 2.00. The van der Waals surface area contributed by atoms with Crippen LogP contribution in [0.25, 0.3) is 0 Å². The Morgan fingerprint density at radius 2 is 2.09 bits per heavy atom. The smallest absolute Gasteiger partial charge is 0.211 e. The average molecular weight is 198 g/mol. The molecule has 66 valence electrons. The molecule has 0 heterocycles. The Morgan fingerprint density at radius 1 is 1.64 bits per heavy atom. The van der Waals surface area contributed by atoms with Crippen LogP contribution in [0, 0.1) is 0 Å². The Hall–Kier alpha value is -0.0600. The molecule has 0 N–H and O–H groups in total. The molecular formula is C6H12ClNO2S. The van der Waals surface area contributed by atoms with E-state index in [-0.39, 0.29) is 0 Å². The zero-order chi connectivity index (χ0) is 9.07. The Bertz CT molecular complexity index is 235. The van der Waals surface area contributed by atoms with Crippen LogP contribution in [-0.2, 0) is 10.0 Å². The topological polar surface area (TPSA) is 37.4 Å². The summed E-state index contributed by atoms with van der Waals surface area (Å²) in [7, 11) is -1.60. The van der Waals surface area contributed by atoms with Gasteiger partial charge in [0.05, 0.1) is 6.26 Å². The van der Waals surface area contributed by atoms with Crippen LogP contribution in [-0.4, -0.2) is 38.5 Å². The molecule has 0 spiro atoms. The van der Waals surface area contributed by atoms with Crippen LogP contribution in [0.15, 0.2) is 12.2 Å². The van der Waals surface area contributed by atoms with Crippen LogP contribution in [0.1, 0.15) is 0 Å². The first-order valence-corrected chi connectivity index (χ1v) is 5.40. The van der Waals surface area contributed by atoms with Crippen LogP contribution in [0.3, 0.4) is 0 Å². The van der Waals surface area contributed by atoms with Gasteiger partial charge in [-0.15, -0.1) is 11.6 Å². The molecule has 0 radical (unpaired) electrons. The molecule has 0 saturated heterocycles. The molecule has 5 heteroatoms. The van der Waals surface area contributed by atoms with E-state index in [1.54, 1.807) is 0 Å². The van der Waals surface area contributed by atoms with Gasteiger partial charge in [0.15, 0.2) is 0 Å². The van der Waals surface area contributed by atoms with Crippen LogP contribution in [0.2, 0.25) is 0 Å². The minimum atomic E-state index is -3.09. The zero-order valence-electron chi connectivity index (χ0n) is 6.67. The fourth-order valence-corrected chi connectivity index (χ4v) is 0.976. The SMILES string of the molecule is C=C(CCl)CN(C)S(C)(=O)=O. The number of nitrogens with zero attached hydrogens (tertiary/aromatic N) is 1. The van der Waals surface area contributed by atoms with E-state index in [4.69, 9.17) is 11.6 Å². The second-order valence-corrected chi connectivity index (χ2v) is 4.76. The molecule has 3 nitrogen and oxygen atoms in total. The lowest BCUT2D eigenvalue weighted by atomic mass is 10.3. The van der Waals surface area contributed by atoms with Crippen molar-refractivity contribution >= 4 is 21.6 Å². The molecule has 0 aromatic rings. The first-order chi connectivity index (χ1) is 4.88. The second kappa shape index (κ2) is 4.09. The molecule has 0 aliphatic rings. The summed E-state index contributed by atoms with van der Waals surface area (Å²) in [6, 6.07) is 0. The highest BCUT2D eigenvalue weighted by molar-refractivity contribution is 7.88. The van der Waals surface area contributed by atoms with Gasteiger partial charge in [-0.1, -0.05) is 6.58 Å². The first-order valence-electron chi connectivity index (χ1n) is 3.02. The molecule has 0 atom stereocenters. The number of hydrogen-bond donors (Lipinski definition) is 0. The van der Waals surface area contributed by atoms with E-state index in [0.717, 1.165) is 6.26 Å². The molecule has 0 aromatic carbocycles. The van der Waals surface area contributed by atoms with E-state index in [0.29, 0.717) is 18.0 Å². The van der Waals surface area contributed by atoms with E-state index in [1.807, 2.05) is 0 Å². The fourth-order valence-electron chi connectivity index (χ4n) is 0.474. The Kier molecular flexibility index (Phi) is 4.07. The molecule has 0 aromatic heterocycles. The van der Waals surface area contributed by atoms with E-state index < -0.39 is 10.0 Å². The lowest BCUT2D eigenvalue weighted by molar-refractivity contribution is 0.499. The van der Waals surface area contributed by atoms with Gasteiger partial charge < -0.3 is 0 Å². The monoisotopic (exact) mass is 197 g/mol. The number of likely N-dealkylation sites (N-methyl/N-ethyl adjacent to an activating group) is 1. The van der Waals surface area contributed by atoms with Gasteiger partial charge in [-0.25, -0.2) is 12.7 Å². The van der Waals surface area contributed by atoms with Crippen molar-refractivity contribution in [3.8, 4) is 0 Å². The molecule has 11 heavy (non-hydrogen) atoms. The van der Waals surface area contributed by atoms with Gasteiger partial charge in [-0.2, -0.15) is 0 Å². The average Bonchev–Trinajstić information content (AvgIpc) is 1.85. The van der Waals surface area contributed by atoms with E-state index in [2.05, 4.69) is 6.58 Å². The molecule has 0 rings (SSSR count). The maximum atomic E-state index is 10.8. The van der Waals surface area contributed by atoms with Crippen LogP contribution < -0.4 is 0 Å².